The van der Waals surface area contributed by atoms with Crippen LogP contribution in [0.15, 0.2) is 67.3 Å². The van der Waals surface area contributed by atoms with Gasteiger partial charge in [0.05, 0.1) is 0 Å². The molecule has 0 radical (unpaired) electrons. The molecule has 2 N–H and O–H groups in total. The quantitative estimate of drug-likeness (QED) is 0.572. The number of benzene rings is 2. The molecule has 0 spiro atoms. The Hall–Kier alpha value is -2.88. The fourth-order valence-corrected chi connectivity index (χ4v) is 2.41. The fraction of sp³-hybridized carbons (Fsp3) is 0.200. The van der Waals surface area contributed by atoms with Crippen LogP contribution in [0, 0.1) is 0 Å². The maximum absolute atomic E-state index is 12.2. The first-order valence-electron chi connectivity index (χ1n) is 7.92. The van der Waals surface area contributed by atoms with Crippen LogP contribution in [0.4, 0.5) is 0 Å². The van der Waals surface area contributed by atoms with Gasteiger partial charge in [-0.1, -0.05) is 48.5 Å². The van der Waals surface area contributed by atoms with Crippen molar-refractivity contribution in [3.8, 4) is 11.1 Å². The topological polar surface area (TPSA) is 66.4 Å². The largest absolute Gasteiger partial charge is 0.480 e. The van der Waals surface area contributed by atoms with E-state index in [1.807, 2.05) is 42.5 Å². The zero-order valence-corrected chi connectivity index (χ0v) is 13.4. The second kappa shape index (κ2) is 8.67. The highest BCUT2D eigenvalue weighted by Crippen LogP contribution is 2.19. The first kappa shape index (κ1) is 17.5. The number of rotatable bonds is 8. The molecule has 4 heteroatoms. The standard InChI is InChI=1S/C20H21NO3/c1-2-3-5-10-18(20(23)24)21-19(22)17-13-11-16(12-14-17)15-8-6-4-7-9-15/h2,4,6-9,11-14,18H,1,3,5,10H2,(H,21,22)(H,23,24)/t18-/m1/s1. The van der Waals surface area contributed by atoms with E-state index in [9.17, 15) is 14.7 Å². The molecule has 0 aliphatic heterocycles. The van der Waals surface area contributed by atoms with Crippen LogP contribution in [0.5, 0.6) is 0 Å². The van der Waals surface area contributed by atoms with Gasteiger partial charge in [0.15, 0.2) is 0 Å². The van der Waals surface area contributed by atoms with Crippen molar-refractivity contribution in [1.29, 1.82) is 0 Å². The van der Waals surface area contributed by atoms with Crippen molar-refractivity contribution in [2.24, 2.45) is 0 Å². The Bertz CT molecular complexity index is 693. The van der Waals surface area contributed by atoms with E-state index in [0.717, 1.165) is 17.5 Å². The summed E-state index contributed by atoms with van der Waals surface area (Å²) in [6.07, 6.45) is 3.53. The minimum atomic E-state index is -1.02. The zero-order valence-electron chi connectivity index (χ0n) is 13.4. The molecule has 0 fully saturated rings. The maximum Gasteiger partial charge on any atom is 0.326 e. The number of carbonyl (C=O) groups excluding carboxylic acids is 1. The third-order valence-electron chi connectivity index (χ3n) is 3.76. The van der Waals surface area contributed by atoms with Gasteiger partial charge in [0, 0.05) is 5.56 Å². The lowest BCUT2D eigenvalue weighted by atomic mass is 10.0. The average molecular weight is 323 g/mol. The monoisotopic (exact) mass is 323 g/mol. The first-order valence-corrected chi connectivity index (χ1v) is 7.92. The molecule has 0 unspecified atom stereocenters. The van der Waals surface area contributed by atoms with Crippen LogP contribution in [-0.4, -0.2) is 23.0 Å². The molecular weight excluding hydrogens is 302 g/mol. The van der Waals surface area contributed by atoms with Crippen molar-refractivity contribution in [3.05, 3.63) is 72.8 Å². The molecule has 0 saturated heterocycles. The molecule has 0 aliphatic rings. The van der Waals surface area contributed by atoms with Crippen LogP contribution in [0.2, 0.25) is 0 Å². The Morgan fingerprint density at radius 2 is 1.67 bits per heavy atom. The Balaban J connectivity index is 2.03. The smallest absolute Gasteiger partial charge is 0.326 e. The number of nitrogens with one attached hydrogen (secondary N) is 1. The van der Waals surface area contributed by atoms with Gasteiger partial charge < -0.3 is 10.4 Å². The van der Waals surface area contributed by atoms with E-state index >= 15 is 0 Å². The molecule has 2 rings (SSSR count). The van der Waals surface area contributed by atoms with E-state index in [1.54, 1.807) is 18.2 Å². The Kier molecular flexibility index (Phi) is 6.32. The molecule has 1 amide bonds. The van der Waals surface area contributed by atoms with E-state index in [0.29, 0.717) is 18.4 Å². The fourth-order valence-electron chi connectivity index (χ4n) is 2.41. The maximum atomic E-state index is 12.2. The summed E-state index contributed by atoms with van der Waals surface area (Å²) in [7, 11) is 0. The highest BCUT2D eigenvalue weighted by Gasteiger charge is 2.19. The van der Waals surface area contributed by atoms with E-state index in [-0.39, 0.29) is 5.91 Å². The number of carboxylic acid groups (broad SMARTS) is 1. The Morgan fingerprint density at radius 1 is 1.04 bits per heavy atom. The summed E-state index contributed by atoms with van der Waals surface area (Å²) < 4.78 is 0. The van der Waals surface area contributed by atoms with Crippen molar-refractivity contribution < 1.29 is 14.7 Å². The Morgan fingerprint density at radius 3 is 2.25 bits per heavy atom. The minimum Gasteiger partial charge on any atom is -0.480 e. The average Bonchev–Trinajstić information content (AvgIpc) is 2.61. The van der Waals surface area contributed by atoms with Gasteiger partial charge in [-0.05, 0) is 42.5 Å². The number of unbranched alkanes of at least 4 members (excludes halogenated alkanes) is 1. The number of carbonyl (C=O) groups is 2. The van der Waals surface area contributed by atoms with Crippen LogP contribution in [0.3, 0.4) is 0 Å². The van der Waals surface area contributed by atoms with Gasteiger partial charge in [-0.2, -0.15) is 0 Å². The third-order valence-corrected chi connectivity index (χ3v) is 3.76. The van der Waals surface area contributed by atoms with E-state index < -0.39 is 12.0 Å². The van der Waals surface area contributed by atoms with Crippen LogP contribution in [0.1, 0.15) is 29.6 Å². The third kappa shape index (κ3) is 4.81. The number of hydrogen-bond donors (Lipinski definition) is 2. The number of hydrogen-bond acceptors (Lipinski definition) is 2. The highest BCUT2D eigenvalue weighted by molar-refractivity contribution is 5.97. The molecule has 0 aromatic heterocycles. The van der Waals surface area contributed by atoms with Crippen molar-refractivity contribution in [2.45, 2.75) is 25.3 Å². The van der Waals surface area contributed by atoms with E-state index in [2.05, 4.69) is 11.9 Å². The summed E-state index contributed by atoms with van der Waals surface area (Å²) in [5.41, 5.74) is 2.52. The molecule has 0 saturated carbocycles. The summed E-state index contributed by atoms with van der Waals surface area (Å²) in [4.78, 5) is 23.5. The normalized spacial score (nSPS) is 11.5. The van der Waals surface area contributed by atoms with E-state index in [1.165, 1.54) is 0 Å². The second-order valence-electron chi connectivity index (χ2n) is 5.53. The van der Waals surface area contributed by atoms with Crippen molar-refractivity contribution >= 4 is 11.9 Å². The molecule has 2 aromatic carbocycles. The van der Waals surface area contributed by atoms with Gasteiger partial charge in [0.1, 0.15) is 6.04 Å². The highest BCUT2D eigenvalue weighted by atomic mass is 16.4. The molecule has 24 heavy (non-hydrogen) atoms. The van der Waals surface area contributed by atoms with Gasteiger partial charge in [-0.25, -0.2) is 4.79 Å². The number of aliphatic carboxylic acids is 1. The van der Waals surface area contributed by atoms with Crippen LogP contribution in [-0.2, 0) is 4.79 Å². The molecule has 124 valence electrons. The van der Waals surface area contributed by atoms with Gasteiger partial charge in [-0.3, -0.25) is 4.79 Å². The SMILES string of the molecule is C=CCCC[C@@H](NC(=O)c1ccc(-c2ccccc2)cc1)C(=O)O. The summed E-state index contributed by atoms with van der Waals surface area (Å²) >= 11 is 0. The molecule has 0 aliphatic carbocycles. The first-order chi connectivity index (χ1) is 11.6. The number of allylic oxidation sites excluding steroid dienone is 1. The lowest BCUT2D eigenvalue weighted by Gasteiger charge is -2.14. The molecular formula is C20H21NO3. The molecule has 0 heterocycles. The summed E-state index contributed by atoms with van der Waals surface area (Å²) in [5, 5.41) is 11.8. The molecule has 0 bridgehead atoms. The predicted molar refractivity (Wildman–Crippen MR) is 94.8 cm³/mol. The van der Waals surface area contributed by atoms with E-state index in [4.69, 9.17) is 0 Å². The van der Waals surface area contributed by atoms with Crippen molar-refractivity contribution in [2.75, 3.05) is 0 Å². The van der Waals surface area contributed by atoms with Crippen molar-refractivity contribution in [1.82, 2.24) is 5.32 Å². The lowest BCUT2D eigenvalue weighted by Crippen LogP contribution is -2.40. The number of amides is 1. The van der Waals surface area contributed by atoms with Gasteiger partial charge in [0.25, 0.3) is 5.91 Å². The van der Waals surface area contributed by atoms with Gasteiger partial charge in [0.2, 0.25) is 0 Å². The minimum absolute atomic E-state index is 0.374. The molecule has 4 nitrogen and oxygen atoms in total. The Labute approximate surface area is 141 Å². The summed E-state index contributed by atoms with van der Waals surface area (Å²) in [6, 6.07) is 16.1. The molecule has 2 aromatic rings. The van der Waals surface area contributed by atoms with Gasteiger partial charge in [-0.15, -0.1) is 6.58 Å². The number of carboxylic acids is 1. The van der Waals surface area contributed by atoms with Crippen LogP contribution >= 0.6 is 0 Å². The summed E-state index contributed by atoms with van der Waals surface area (Å²) in [5.74, 6) is -1.39. The zero-order chi connectivity index (χ0) is 17.4. The lowest BCUT2D eigenvalue weighted by molar-refractivity contribution is -0.139. The van der Waals surface area contributed by atoms with Crippen LogP contribution in [0.25, 0.3) is 11.1 Å². The second-order valence-corrected chi connectivity index (χ2v) is 5.53. The summed E-state index contributed by atoms with van der Waals surface area (Å²) in [6.45, 7) is 3.61. The van der Waals surface area contributed by atoms with Crippen molar-refractivity contribution in [3.63, 3.8) is 0 Å². The van der Waals surface area contributed by atoms with Crippen LogP contribution < -0.4 is 5.32 Å². The van der Waals surface area contributed by atoms with Gasteiger partial charge >= 0.3 is 5.97 Å². The predicted octanol–water partition coefficient (Wildman–Crippen LogP) is 3.89. The molecule has 1 atom stereocenters.